The van der Waals surface area contributed by atoms with Gasteiger partial charge in [-0.25, -0.2) is 0 Å². The topological polar surface area (TPSA) is 55.5 Å². The van der Waals surface area contributed by atoms with Crippen molar-refractivity contribution >= 4 is 16.6 Å². The Labute approximate surface area is 175 Å². The lowest BCUT2D eigenvalue weighted by atomic mass is 9.95. The van der Waals surface area contributed by atoms with E-state index in [-0.39, 0.29) is 12.8 Å². The van der Waals surface area contributed by atoms with Gasteiger partial charge in [0, 0.05) is 27.8 Å². The molecule has 0 fully saturated rings. The zero-order chi connectivity index (χ0) is 20.5. The Hall–Kier alpha value is -3.60. The molecule has 4 aromatic rings. The molecule has 2 heterocycles. The number of benzene rings is 3. The monoisotopic (exact) mass is 400 g/mol. The van der Waals surface area contributed by atoms with E-state index in [1.807, 2.05) is 25.1 Å². The minimum atomic E-state index is -0.0615. The summed E-state index contributed by atoms with van der Waals surface area (Å²) in [5.74, 6) is 2.43. The van der Waals surface area contributed by atoms with E-state index < -0.39 is 0 Å². The Bertz CT molecular complexity index is 1180. The van der Waals surface area contributed by atoms with Gasteiger partial charge < -0.3 is 24.5 Å². The molecule has 0 spiro atoms. The highest BCUT2D eigenvalue weighted by molar-refractivity contribution is 5.86. The highest BCUT2D eigenvalue weighted by atomic mass is 16.7. The van der Waals surface area contributed by atoms with Gasteiger partial charge in [0.25, 0.3) is 0 Å². The average molecular weight is 400 g/mol. The first kappa shape index (κ1) is 18.4. The number of rotatable bonds is 6. The Balaban J connectivity index is 1.59. The van der Waals surface area contributed by atoms with Gasteiger partial charge in [0.05, 0.1) is 12.6 Å². The molecule has 5 nitrogen and oxygen atoms in total. The highest BCUT2D eigenvalue weighted by Crippen LogP contribution is 2.39. The largest absolute Gasteiger partial charge is 0.494 e. The van der Waals surface area contributed by atoms with Gasteiger partial charge in [0.1, 0.15) is 5.75 Å². The summed E-state index contributed by atoms with van der Waals surface area (Å²) in [7, 11) is 0. The SMILES string of the molecule is CCOc1ccc(NC(c2ccc3c(c2)OCO3)c2c(C)[nH]c3ccccc23)cc1. The van der Waals surface area contributed by atoms with Gasteiger partial charge in [-0.15, -0.1) is 0 Å². The second-order valence-corrected chi connectivity index (χ2v) is 7.36. The molecule has 0 saturated carbocycles. The summed E-state index contributed by atoms with van der Waals surface area (Å²) >= 11 is 0. The molecule has 1 atom stereocenters. The van der Waals surface area contributed by atoms with E-state index in [0.717, 1.165) is 39.7 Å². The van der Waals surface area contributed by atoms with E-state index in [4.69, 9.17) is 14.2 Å². The van der Waals surface area contributed by atoms with E-state index in [2.05, 4.69) is 65.8 Å². The zero-order valence-electron chi connectivity index (χ0n) is 17.1. The summed E-state index contributed by atoms with van der Waals surface area (Å²) in [5.41, 5.74) is 5.62. The number of anilines is 1. The molecule has 152 valence electrons. The van der Waals surface area contributed by atoms with Crippen molar-refractivity contribution < 1.29 is 14.2 Å². The van der Waals surface area contributed by atoms with Crippen LogP contribution in [-0.2, 0) is 0 Å². The molecular formula is C25H24N2O3. The number of ether oxygens (including phenoxy) is 3. The van der Waals surface area contributed by atoms with Gasteiger partial charge in [0.2, 0.25) is 6.79 Å². The van der Waals surface area contributed by atoms with Crippen LogP contribution in [0.2, 0.25) is 0 Å². The van der Waals surface area contributed by atoms with E-state index in [1.165, 1.54) is 10.9 Å². The van der Waals surface area contributed by atoms with Crippen molar-refractivity contribution in [3.05, 3.63) is 83.6 Å². The van der Waals surface area contributed by atoms with E-state index in [0.29, 0.717) is 6.61 Å². The second kappa shape index (κ2) is 7.67. The molecule has 1 unspecified atom stereocenters. The van der Waals surface area contributed by atoms with Crippen LogP contribution in [0.5, 0.6) is 17.2 Å². The summed E-state index contributed by atoms with van der Waals surface area (Å²) in [6, 6.07) is 22.6. The van der Waals surface area contributed by atoms with Crippen molar-refractivity contribution in [2.24, 2.45) is 0 Å². The Morgan fingerprint density at radius 2 is 1.80 bits per heavy atom. The Morgan fingerprint density at radius 1 is 1.00 bits per heavy atom. The summed E-state index contributed by atoms with van der Waals surface area (Å²) < 4.78 is 16.7. The van der Waals surface area contributed by atoms with Gasteiger partial charge in [-0.2, -0.15) is 0 Å². The third-order valence-corrected chi connectivity index (χ3v) is 5.44. The lowest BCUT2D eigenvalue weighted by molar-refractivity contribution is 0.174. The second-order valence-electron chi connectivity index (χ2n) is 7.36. The number of fused-ring (bicyclic) bond motifs is 2. The summed E-state index contributed by atoms with van der Waals surface area (Å²) in [4.78, 5) is 3.53. The summed E-state index contributed by atoms with van der Waals surface area (Å²) in [6.45, 7) is 5.03. The quantitative estimate of drug-likeness (QED) is 0.429. The molecule has 5 heteroatoms. The Morgan fingerprint density at radius 3 is 2.63 bits per heavy atom. The van der Waals surface area contributed by atoms with Gasteiger partial charge in [-0.3, -0.25) is 0 Å². The minimum Gasteiger partial charge on any atom is -0.494 e. The van der Waals surface area contributed by atoms with Gasteiger partial charge in [-0.05, 0) is 61.9 Å². The van der Waals surface area contributed by atoms with Crippen molar-refractivity contribution in [1.29, 1.82) is 0 Å². The van der Waals surface area contributed by atoms with Crippen LogP contribution in [0, 0.1) is 6.92 Å². The molecule has 30 heavy (non-hydrogen) atoms. The molecule has 0 bridgehead atoms. The fraction of sp³-hybridized carbons (Fsp3) is 0.200. The van der Waals surface area contributed by atoms with Crippen LogP contribution < -0.4 is 19.5 Å². The molecule has 0 amide bonds. The number of H-pyrrole nitrogens is 1. The maximum Gasteiger partial charge on any atom is 0.231 e. The number of aromatic nitrogens is 1. The van der Waals surface area contributed by atoms with Crippen LogP contribution in [0.4, 0.5) is 5.69 Å². The first-order chi connectivity index (χ1) is 14.7. The van der Waals surface area contributed by atoms with Gasteiger partial charge in [0.15, 0.2) is 11.5 Å². The summed E-state index contributed by atoms with van der Waals surface area (Å²) in [6.07, 6.45) is 0. The first-order valence-electron chi connectivity index (χ1n) is 10.2. The van der Waals surface area contributed by atoms with Gasteiger partial charge in [-0.1, -0.05) is 24.3 Å². The number of para-hydroxylation sites is 1. The zero-order valence-corrected chi connectivity index (χ0v) is 17.1. The smallest absolute Gasteiger partial charge is 0.231 e. The highest BCUT2D eigenvalue weighted by Gasteiger charge is 2.23. The summed E-state index contributed by atoms with van der Waals surface area (Å²) in [5, 5.41) is 4.92. The molecule has 0 aliphatic carbocycles. The Kier molecular flexibility index (Phi) is 4.71. The number of nitrogens with one attached hydrogen (secondary N) is 2. The van der Waals surface area contributed by atoms with Gasteiger partial charge >= 0.3 is 0 Å². The number of aromatic amines is 1. The number of aryl methyl sites for hydroxylation is 1. The number of hydrogen-bond acceptors (Lipinski definition) is 4. The third-order valence-electron chi connectivity index (χ3n) is 5.44. The fourth-order valence-electron chi connectivity index (χ4n) is 4.07. The van der Waals surface area contributed by atoms with E-state index >= 15 is 0 Å². The van der Waals surface area contributed by atoms with Crippen molar-refractivity contribution in [2.75, 3.05) is 18.7 Å². The third kappa shape index (κ3) is 3.32. The molecule has 3 aromatic carbocycles. The van der Waals surface area contributed by atoms with Crippen LogP contribution in [0.25, 0.3) is 10.9 Å². The molecule has 1 aliphatic rings. The molecule has 5 rings (SSSR count). The van der Waals surface area contributed by atoms with Crippen molar-refractivity contribution in [3.8, 4) is 17.2 Å². The molecule has 2 N–H and O–H groups in total. The van der Waals surface area contributed by atoms with E-state index in [1.54, 1.807) is 0 Å². The maximum absolute atomic E-state index is 5.64. The van der Waals surface area contributed by atoms with Crippen LogP contribution in [0.15, 0.2) is 66.7 Å². The standard InChI is InChI=1S/C25H24N2O3/c1-3-28-19-11-9-18(10-12-19)27-25(17-8-13-22-23(14-17)30-15-29-22)24-16(2)26-21-7-5-4-6-20(21)24/h4-14,25-27H,3,15H2,1-2H3. The lowest BCUT2D eigenvalue weighted by Crippen LogP contribution is -2.13. The average Bonchev–Trinajstić information content (AvgIpc) is 3.36. The predicted octanol–water partition coefficient (Wildman–Crippen LogP) is 5.81. The normalized spacial score (nSPS) is 13.4. The van der Waals surface area contributed by atoms with Crippen molar-refractivity contribution in [2.45, 2.75) is 19.9 Å². The van der Waals surface area contributed by atoms with E-state index in [9.17, 15) is 0 Å². The minimum absolute atomic E-state index is 0.0615. The number of hydrogen-bond donors (Lipinski definition) is 2. The molecule has 1 aliphatic heterocycles. The van der Waals surface area contributed by atoms with Crippen molar-refractivity contribution in [1.82, 2.24) is 4.98 Å². The molecule has 0 saturated heterocycles. The molecular weight excluding hydrogens is 376 g/mol. The molecule has 0 radical (unpaired) electrons. The maximum atomic E-state index is 5.64. The van der Waals surface area contributed by atoms with Crippen LogP contribution in [0.1, 0.15) is 29.8 Å². The predicted molar refractivity (Wildman–Crippen MR) is 119 cm³/mol. The van der Waals surface area contributed by atoms with Crippen LogP contribution in [-0.4, -0.2) is 18.4 Å². The lowest BCUT2D eigenvalue weighted by Gasteiger charge is -2.22. The fourth-order valence-corrected chi connectivity index (χ4v) is 4.07. The van der Waals surface area contributed by atoms with Crippen LogP contribution >= 0.6 is 0 Å². The van der Waals surface area contributed by atoms with Crippen LogP contribution in [0.3, 0.4) is 0 Å². The van der Waals surface area contributed by atoms with Crippen molar-refractivity contribution in [3.63, 3.8) is 0 Å². The first-order valence-corrected chi connectivity index (χ1v) is 10.2. The molecule has 1 aromatic heterocycles.